The largest absolute Gasteiger partial charge is 0.369 e. The van der Waals surface area contributed by atoms with Gasteiger partial charge < -0.3 is 10.3 Å². The lowest BCUT2D eigenvalue weighted by molar-refractivity contribution is 0.766. The summed E-state index contributed by atoms with van der Waals surface area (Å²) in [6, 6.07) is 5.64. The third-order valence-corrected chi connectivity index (χ3v) is 4.30. The summed E-state index contributed by atoms with van der Waals surface area (Å²) in [5.74, 6) is 1.57. The molecule has 0 amide bonds. The standard InChI is InChI=1S/C13H16BrN3OS/c1-8(2)13-16-11(7-12(18)17-13)15-6-5-9-3-4-10(14)19-9/h3-4,7-8H,5-6H2,1-2H3,(H2,15,16,17,18). The van der Waals surface area contributed by atoms with E-state index in [0.717, 1.165) is 16.8 Å². The molecule has 6 heteroatoms. The molecule has 2 heterocycles. The molecule has 2 aromatic heterocycles. The maximum Gasteiger partial charge on any atom is 0.252 e. The van der Waals surface area contributed by atoms with Crippen LogP contribution in [0.1, 0.15) is 30.5 Å². The second kappa shape index (κ2) is 6.34. The first-order valence-corrected chi connectivity index (χ1v) is 7.75. The van der Waals surface area contributed by atoms with E-state index < -0.39 is 0 Å². The molecule has 2 N–H and O–H groups in total. The zero-order valence-electron chi connectivity index (χ0n) is 10.9. The van der Waals surface area contributed by atoms with Crippen molar-refractivity contribution in [3.63, 3.8) is 0 Å². The zero-order chi connectivity index (χ0) is 13.8. The number of thiophene rings is 1. The predicted octanol–water partition coefficient (Wildman–Crippen LogP) is 3.37. The van der Waals surface area contributed by atoms with Crippen LogP contribution in [-0.4, -0.2) is 16.5 Å². The lowest BCUT2D eigenvalue weighted by Gasteiger charge is -2.08. The molecule has 0 aliphatic carbocycles. The molecule has 0 fully saturated rings. The number of halogens is 1. The third-order valence-electron chi connectivity index (χ3n) is 2.61. The van der Waals surface area contributed by atoms with Gasteiger partial charge in [-0.3, -0.25) is 4.79 Å². The second-order valence-electron chi connectivity index (χ2n) is 4.55. The van der Waals surface area contributed by atoms with Gasteiger partial charge in [-0.05, 0) is 34.5 Å². The first-order chi connectivity index (χ1) is 9.04. The maximum atomic E-state index is 11.5. The minimum absolute atomic E-state index is 0.111. The van der Waals surface area contributed by atoms with Gasteiger partial charge in [0.1, 0.15) is 11.6 Å². The summed E-state index contributed by atoms with van der Waals surface area (Å²) in [4.78, 5) is 20.0. The first kappa shape index (κ1) is 14.3. The molecular weight excluding hydrogens is 326 g/mol. The number of hydrogen-bond acceptors (Lipinski definition) is 4. The number of aromatic amines is 1. The quantitative estimate of drug-likeness (QED) is 0.876. The highest BCUT2D eigenvalue weighted by molar-refractivity contribution is 9.11. The summed E-state index contributed by atoms with van der Waals surface area (Å²) < 4.78 is 1.14. The van der Waals surface area contributed by atoms with E-state index in [4.69, 9.17) is 0 Å². The van der Waals surface area contributed by atoms with Gasteiger partial charge in [-0.1, -0.05) is 13.8 Å². The van der Waals surface area contributed by atoms with Crippen molar-refractivity contribution in [1.29, 1.82) is 0 Å². The summed E-state index contributed by atoms with van der Waals surface area (Å²) in [5, 5.41) is 3.20. The molecule has 2 rings (SSSR count). The summed E-state index contributed by atoms with van der Waals surface area (Å²) in [7, 11) is 0. The average Bonchev–Trinajstić information content (AvgIpc) is 2.74. The molecule has 4 nitrogen and oxygen atoms in total. The Balaban J connectivity index is 1.97. The predicted molar refractivity (Wildman–Crippen MR) is 83.2 cm³/mol. The highest BCUT2D eigenvalue weighted by atomic mass is 79.9. The van der Waals surface area contributed by atoms with E-state index in [-0.39, 0.29) is 11.5 Å². The van der Waals surface area contributed by atoms with E-state index in [0.29, 0.717) is 11.6 Å². The monoisotopic (exact) mass is 341 g/mol. The molecule has 0 aliphatic heterocycles. The van der Waals surface area contributed by atoms with Crippen molar-refractivity contribution in [1.82, 2.24) is 9.97 Å². The van der Waals surface area contributed by atoms with Crippen LogP contribution in [0.2, 0.25) is 0 Å². The zero-order valence-corrected chi connectivity index (χ0v) is 13.3. The fraction of sp³-hybridized carbons (Fsp3) is 0.385. The lowest BCUT2D eigenvalue weighted by Crippen LogP contribution is -2.15. The molecule has 0 radical (unpaired) electrons. The highest BCUT2D eigenvalue weighted by Gasteiger charge is 2.05. The molecule has 0 atom stereocenters. The Morgan fingerprint density at radius 1 is 1.47 bits per heavy atom. The van der Waals surface area contributed by atoms with Crippen LogP contribution in [0.4, 0.5) is 5.82 Å². The second-order valence-corrected chi connectivity index (χ2v) is 7.10. The molecular formula is C13H16BrN3OS. The van der Waals surface area contributed by atoms with Crippen molar-refractivity contribution in [2.24, 2.45) is 0 Å². The van der Waals surface area contributed by atoms with Crippen LogP contribution in [-0.2, 0) is 6.42 Å². The van der Waals surface area contributed by atoms with Crippen LogP contribution in [0.25, 0.3) is 0 Å². The van der Waals surface area contributed by atoms with Crippen molar-refractivity contribution in [2.45, 2.75) is 26.2 Å². The van der Waals surface area contributed by atoms with Crippen LogP contribution in [0.3, 0.4) is 0 Å². The van der Waals surface area contributed by atoms with Crippen LogP contribution < -0.4 is 10.9 Å². The number of anilines is 1. The van der Waals surface area contributed by atoms with Gasteiger partial charge in [0.15, 0.2) is 0 Å². The fourth-order valence-electron chi connectivity index (χ4n) is 1.64. The number of aromatic nitrogens is 2. The van der Waals surface area contributed by atoms with Crippen LogP contribution in [0, 0.1) is 0 Å². The van der Waals surface area contributed by atoms with Gasteiger partial charge in [0.25, 0.3) is 5.56 Å². The Hall–Kier alpha value is -1.14. The van der Waals surface area contributed by atoms with Crippen LogP contribution >= 0.6 is 27.3 Å². The summed E-state index contributed by atoms with van der Waals surface area (Å²) in [6.45, 7) is 4.78. The highest BCUT2D eigenvalue weighted by Crippen LogP contribution is 2.22. The van der Waals surface area contributed by atoms with E-state index >= 15 is 0 Å². The molecule has 0 saturated carbocycles. The number of nitrogens with zero attached hydrogens (tertiary/aromatic N) is 1. The van der Waals surface area contributed by atoms with Gasteiger partial charge in [-0.25, -0.2) is 4.98 Å². The Labute approximate surface area is 124 Å². The Morgan fingerprint density at radius 3 is 2.89 bits per heavy atom. The molecule has 0 unspecified atom stereocenters. The van der Waals surface area contributed by atoms with Crippen LogP contribution in [0.15, 0.2) is 26.8 Å². The number of H-pyrrole nitrogens is 1. The third kappa shape index (κ3) is 4.18. The van der Waals surface area contributed by atoms with Crippen molar-refractivity contribution in [2.75, 3.05) is 11.9 Å². The first-order valence-electron chi connectivity index (χ1n) is 6.14. The van der Waals surface area contributed by atoms with E-state index in [1.807, 2.05) is 19.9 Å². The maximum absolute atomic E-state index is 11.5. The van der Waals surface area contributed by atoms with E-state index in [1.165, 1.54) is 10.9 Å². The van der Waals surface area contributed by atoms with Crippen molar-refractivity contribution in [3.8, 4) is 0 Å². The van der Waals surface area contributed by atoms with E-state index in [9.17, 15) is 4.79 Å². The van der Waals surface area contributed by atoms with Gasteiger partial charge >= 0.3 is 0 Å². The lowest BCUT2D eigenvalue weighted by atomic mass is 10.2. The Kier molecular flexibility index (Phi) is 4.76. The van der Waals surface area contributed by atoms with Gasteiger partial charge in [-0.2, -0.15) is 0 Å². The summed E-state index contributed by atoms with van der Waals surface area (Å²) in [6.07, 6.45) is 0.918. The Bertz CT molecular complexity index is 606. The van der Waals surface area contributed by atoms with Crippen molar-refractivity contribution < 1.29 is 0 Å². The van der Waals surface area contributed by atoms with Gasteiger partial charge in [0, 0.05) is 23.4 Å². The van der Waals surface area contributed by atoms with E-state index in [2.05, 4.69) is 37.3 Å². The molecule has 2 aromatic rings. The topological polar surface area (TPSA) is 57.8 Å². The molecule has 0 saturated heterocycles. The summed E-state index contributed by atoms with van der Waals surface area (Å²) >= 11 is 5.17. The van der Waals surface area contributed by atoms with Gasteiger partial charge in [0.2, 0.25) is 0 Å². The molecule has 0 aromatic carbocycles. The fourth-order valence-corrected chi connectivity index (χ4v) is 3.12. The minimum Gasteiger partial charge on any atom is -0.369 e. The normalized spacial score (nSPS) is 10.9. The van der Waals surface area contributed by atoms with Crippen molar-refractivity contribution >= 4 is 33.1 Å². The number of rotatable bonds is 5. The number of nitrogens with one attached hydrogen (secondary N) is 2. The average molecular weight is 342 g/mol. The smallest absolute Gasteiger partial charge is 0.252 e. The van der Waals surface area contributed by atoms with E-state index in [1.54, 1.807) is 11.3 Å². The molecule has 102 valence electrons. The minimum atomic E-state index is -0.111. The number of hydrogen-bond donors (Lipinski definition) is 2. The van der Waals surface area contributed by atoms with Gasteiger partial charge in [-0.15, -0.1) is 11.3 Å². The van der Waals surface area contributed by atoms with Crippen molar-refractivity contribution in [3.05, 3.63) is 43.0 Å². The molecule has 19 heavy (non-hydrogen) atoms. The Morgan fingerprint density at radius 2 is 2.26 bits per heavy atom. The molecule has 0 aliphatic rings. The summed E-state index contributed by atoms with van der Waals surface area (Å²) in [5.41, 5.74) is -0.111. The SMILES string of the molecule is CC(C)c1nc(NCCc2ccc(Br)s2)cc(=O)[nH]1. The van der Waals surface area contributed by atoms with Crippen LogP contribution in [0.5, 0.6) is 0 Å². The molecule has 0 bridgehead atoms. The van der Waals surface area contributed by atoms with Gasteiger partial charge in [0.05, 0.1) is 3.79 Å². The molecule has 0 spiro atoms.